The molecule has 3 aromatic rings. The quantitative estimate of drug-likeness (QED) is 0.637. The molecular weight excluding hydrogens is 352 g/mol. The van der Waals surface area contributed by atoms with Crippen LogP contribution >= 0.6 is 0 Å². The molecule has 3 N–H and O–H groups in total. The number of nitrogens with one attached hydrogen (secondary N) is 3. The molecule has 3 heterocycles. The van der Waals surface area contributed by atoms with E-state index in [1.807, 2.05) is 42.1 Å². The number of hydrogen-bond acceptors (Lipinski definition) is 4. The van der Waals surface area contributed by atoms with Crippen molar-refractivity contribution in [1.82, 2.24) is 30.4 Å². The smallest absolute Gasteiger partial charge is 0.272 e. The first-order chi connectivity index (χ1) is 13.6. The summed E-state index contributed by atoms with van der Waals surface area (Å²) in [5.41, 5.74) is 5.78. The summed E-state index contributed by atoms with van der Waals surface area (Å²) in [6.07, 6.45) is 1.88. The Labute approximate surface area is 164 Å². The third-order valence-corrected chi connectivity index (χ3v) is 5.21. The van der Waals surface area contributed by atoms with Gasteiger partial charge < -0.3 is 15.6 Å². The highest BCUT2D eigenvalue weighted by Gasteiger charge is 2.28. The number of rotatable bonds is 5. The molecule has 1 aliphatic heterocycles. The van der Waals surface area contributed by atoms with Gasteiger partial charge >= 0.3 is 0 Å². The van der Waals surface area contributed by atoms with Crippen LogP contribution in [0.3, 0.4) is 0 Å². The van der Waals surface area contributed by atoms with Crippen LogP contribution in [0.2, 0.25) is 0 Å². The maximum absolute atomic E-state index is 12.8. The molecule has 7 heteroatoms. The van der Waals surface area contributed by atoms with Crippen molar-refractivity contribution in [2.75, 3.05) is 6.54 Å². The molecule has 1 atom stereocenters. The molecule has 146 valence electrons. The number of carbonyl (C=O) groups excluding carboxylic acids is 1. The van der Waals surface area contributed by atoms with E-state index in [0.717, 1.165) is 41.3 Å². The van der Waals surface area contributed by atoms with E-state index in [1.165, 1.54) is 5.69 Å². The van der Waals surface area contributed by atoms with Crippen LogP contribution in [0.15, 0.2) is 30.5 Å². The van der Waals surface area contributed by atoms with Gasteiger partial charge in [0.25, 0.3) is 5.91 Å². The Balaban J connectivity index is 1.46. The molecule has 0 aliphatic carbocycles. The summed E-state index contributed by atoms with van der Waals surface area (Å²) in [5, 5.41) is 11.0. The van der Waals surface area contributed by atoms with Crippen LogP contribution in [-0.4, -0.2) is 32.2 Å². The fourth-order valence-electron chi connectivity index (χ4n) is 3.78. The van der Waals surface area contributed by atoms with Crippen molar-refractivity contribution in [2.45, 2.75) is 46.3 Å². The number of amides is 1. The summed E-state index contributed by atoms with van der Waals surface area (Å²) < 4.78 is 1.97. The molecule has 1 amide bonds. The molecule has 0 saturated carbocycles. The highest BCUT2D eigenvalue weighted by molar-refractivity contribution is 5.94. The molecule has 0 saturated heterocycles. The highest BCUT2D eigenvalue weighted by atomic mass is 16.1. The maximum atomic E-state index is 12.8. The molecule has 0 spiro atoms. The van der Waals surface area contributed by atoms with Gasteiger partial charge in [-0.05, 0) is 19.4 Å². The fraction of sp³-hybridized carbons (Fsp3) is 0.381. The Morgan fingerprint density at radius 3 is 2.79 bits per heavy atom. The second-order valence-corrected chi connectivity index (χ2v) is 7.33. The number of H-pyrrole nitrogens is 1. The lowest BCUT2D eigenvalue weighted by molar-refractivity contribution is 0.0944. The minimum absolute atomic E-state index is 0.120. The van der Waals surface area contributed by atoms with Crippen LogP contribution in [0.25, 0.3) is 11.4 Å². The molecule has 0 fully saturated rings. The third-order valence-electron chi connectivity index (χ3n) is 5.21. The fourth-order valence-corrected chi connectivity index (χ4v) is 3.78. The first-order valence-electron chi connectivity index (χ1n) is 9.76. The second-order valence-electron chi connectivity index (χ2n) is 7.33. The van der Waals surface area contributed by atoms with E-state index in [0.29, 0.717) is 24.7 Å². The van der Waals surface area contributed by atoms with Crippen LogP contribution in [0.1, 0.15) is 52.8 Å². The average Bonchev–Trinajstić information content (AvgIpc) is 3.31. The molecule has 2 aromatic heterocycles. The van der Waals surface area contributed by atoms with Crippen LogP contribution in [0, 0.1) is 6.92 Å². The largest absolute Gasteiger partial charge is 0.347 e. The number of aromatic amines is 1. The molecule has 1 aromatic carbocycles. The Morgan fingerprint density at radius 1 is 1.32 bits per heavy atom. The molecule has 28 heavy (non-hydrogen) atoms. The van der Waals surface area contributed by atoms with Crippen LogP contribution in [0.4, 0.5) is 0 Å². The van der Waals surface area contributed by atoms with Gasteiger partial charge in [-0.3, -0.25) is 9.48 Å². The number of nitrogens with zero attached hydrogens (tertiary/aromatic N) is 3. The zero-order chi connectivity index (χ0) is 19.7. The van der Waals surface area contributed by atoms with Crippen LogP contribution < -0.4 is 10.6 Å². The lowest BCUT2D eigenvalue weighted by Crippen LogP contribution is -2.30. The van der Waals surface area contributed by atoms with Gasteiger partial charge in [-0.2, -0.15) is 5.10 Å². The minimum atomic E-state index is -0.120. The average molecular weight is 378 g/mol. The van der Waals surface area contributed by atoms with Crippen molar-refractivity contribution in [3.8, 4) is 11.4 Å². The number of aromatic nitrogens is 4. The van der Waals surface area contributed by atoms with Gasteiger partial charge in [0, 0.05) is 55.1 Å². The summed E-state index contributed by atoms with van der Waals surface area (Å²) in [7, 11) is 0. The van der Waals surface area contributed by atoms with Crippen molar-refractivity contribution >= 4 is 5.91 Å². The topological polar surface area (TPSA) is 87.6 Å². The maximum Gasteiger partial charge on any atom is 0.272 e. The zero-order valence-corrected chi connectivity index (χ0v) is 16.5. The number of hydrogen-bond donors (Lipinski definition) is 3. The number of imidazole rings is 1. The number of fused-ring (bicyclic) bond motifs is 1. The summed E-state index contributed by atoms with van der Waals surface area (Å²) in [5.74, 6) is 1.09. The van der Waals surface area contributed by atoms with E-state index in [9.17, 15) is 4.79 Å². The van der Waals surface area contributed by atoms with Gasteiger partial charge in [0.2, 0.25) is 0 Å². The standard InChI is InChI=1S/C21H26N6O/c1-4-27-19-13(2)9-22-12-17(19)18(26-27)21(28)24-11-15-5-7-16(8-6-15)20-23-10-14(3)25-20/h5-8,10,13,22H,4,9,11-12H2,1-3H3,(H,23,25)(H,24,28). The minimum Gasteiger partial charge on any atom is -0.347 e. The SMILES string of the molecule is CCn1nc(C(=O)NCc2ccc(-c3nc(C)c[nH]3)cc2)c2c1C(C)CNC2. The van der Waals surface area contributed by atoms with Crippen molar-refractivity contribution in [3.63, 3.8) is 0 Å². The van der Waals surface area contributed by atoms with E-state index >= 15 is 0 Å². The normalized spacial score (nSPS) is 16.0. The van der Waals surface area contributed by atoms with Gasteiger partial charge in [-0.15, -0.1) is 0 Å². The van der Waals surface area contributed by atoms with Crippen molar-refractivity contribution in [3.05, 3.63) is 58.7 Å². The highest BCUT2D eigenvalue weighted by Crippen LogP contribution is 2.26. The van der Waals surface area contributed by atoms with E-state index in [4.69, 9.17) is 0 Å². The van der Waals surface area contributed by atoms with E-state index in [-0.39, 0.29) is 5.91 Å². The predicted octanol–water partition coefficient (Wildman–Crippen LogP) is 2.74. The molecule has 7 nitrogen and oxygen atoms in total. The molecule has 1 aliphatic rings. The molecular formula is C21H26N6O. The Kier molecular flexibility index (Phi) is 5.00. The van der Waals surface area contributed by atoms with Gasteiger partial charge in [0.1, 0.15) is 5.82 Å². The van der Waals surface area contributed by atoms with Gasteiger partial charge in [-0.25, -0.2) is 4.98 Å². The molecule has 1 unspecified atom stereocenters. The van der Waals surface area contributed by atoms with E-state index in [1.54, 1.807) is 0 Å². The zero-order valence-electron chi connectivity index (χ0n) is 16.5. The van der Waals surface area contributed by atoms with Gasteiger partial charge in [0.15, 0.2) is 5.69 Å². The summed E-state index contributed by atoms with van der Waals surface area (Å²) in [4.78, 5) is 20.4. The molecule has 0 bridgehead atoms. The molecule has 0 radical (unpaired) electrons. The first-order valence-corrected chi connectivity index (χ1v) is 9.76. The second kappa shape index (κ2) is 7.59. The van der Waals surface area contributed by atoms with Crippen molar-refractivity contribution in [2.24, 2.45) is 0 Å². The van der Waals surface area contributed by atoms with Crippen LogP contribution in [0.5, 0.6) is 0 Å². The first kappa shape index (κ1) is 18.4. The number of benzene rings is 1. The summed E-state index contributed by atoms with van der Waals surface area (Å²) >= 11 is 0. The predicted molar refractivity (Wildman–Crippen MR) is 108 cm³/mol. The Hall–Kier alpha value is -2.93. The number of aryl methyl sites for hydroxylation is 2. The molecule has 4 rings (SSSR count). The summed E-state index contributed by atoms with van der Waals surface area (Å²) in [6.45, 7) is 9.04. The van der Waals surface area contributed by atoms with Gasteiger partial charge in [-0.1, -0.05) is 31.2 Å². The third kappa shape index (κ3) is 3.45. The Bertz CT molecular complexity index is 985. The van der Waals surface area contributed by atoms with Crippen LogP contribution in [-0.2, 0) is 19.6 Å². The van der Waals surface area contributed by atoms with Crippen molar-refractivity contribution < 1.29 is 4.79 Å². The number of carbonyl (C=O) groups is 1. The van der Waals surface area contributed by atoms with Crippen molar-refractivity contribution in [1.29, 1.82) is 0 Å². The Morgan fingerprint density at radius 2 is 2.11 bits per heavy atom. The van der Waals surface area contributed by atoms with E-state index in [2.05, 4.69) is 39.5 Å². The summed E-state index contributed by atoms with van der Waals surface area (Å²) in [6, 6.07) is 8.05. The van der Waals surface area contributed by atoms with Gasteiger partial charge in [0.05, 0.1) is 5.69 Å². The lowest BCUT2D eigenvalue weighted by atomic mass is 9.97. The van der Waals surface area contributed by atoms with E-state index < -0.39 is 0 Å². The monoisotopic (exact) mass is 378 g/mol. The lowest BCUT2D eigenvalue weighted by Gasteiger charge is -2.21.